The number of hydrogen-bond donors (Lipinski definition) is 2. The number of rotatable bonds is 4. The van der Waals surface area contributed by atoms with Crippen LogP contribution < -0.4 is 5.32 Å². The first-order valence-corrected chi connectivity index (χ1v) is 5.70. The van der Waals surface area contributed by atoms with Crippen molar-refractivity contribution in [1.29, 1.82) is 0 Å². The molecule has 0 saturated carbocycles. The fourth-order valence-electron chi connectivity index (χ4n) is 1.54. The van der Waals surface area contributed by atoms with Crippen LogP contribution in [0.4, 0.5) is 4.39 Å². The summed E-state index contributed by atoms with van der Waals surface area (Å²) in [4.78, 5) is 6.92. The third kappa shape index (κ3) is 3.05. The molecule has 0 saturated heterocycles. The van der Waals surface area contributed by atoms with E-state index in [1.807, 2.05) is 13.0 Å². The average molecular weight is 254 g/mol. The highest BCUT2D eigenvalue weighted by atomic mass is 35.5. The van der Waals surface area contributed by atoms with Crippen molar-refractivity contribution in [3.05, 3.63) is 52.8 Å². The van der Waals surface area contributed by atoms with E-state index in [9.17, 15) is 4.39 Å². The molecule has 1 aromatic heterocycles. The number of aromatic nitrogens is 2. The molecular formula is C12H13ClFN3. The molecule has 0 bridgehead atoms. The first kappa shape index (κ1) is 12.1. The summed E-state index contributed by atoms with van der Waals surface area (Å²) in [5.41, 5.74) is 1.86. The summed E-state index contributed by atoms with van der Waals surface area (Å²) in [7, 11) is 0. The lowest BCUT2D eigenvalue weighted by Crippen LogP contribution is -2.18. The Balaban J connectivity index is 1.99. The third-order valence-electron chi connectivity index (χ3n) is 2.60. The van der Waals surface area contributed by atoms with Crippen LogP contribution in [0.15, 0.2) is 30.7 Å². The van der Waals surface area contributed by atoms with Gasteiger partial charge in [-0.2, -0.15) is 0 Å². The van der Waals surface area contributed by atoms with Gasteiger partial charge in [0.2, 0.25) is 0 Å². The standard InChI is InChI=1S/C12H13ClFN3/c1-8(16-6-10-5-15-7-17-10)9-2-3-11(13)12(14)4-9/h2-5,7-8,16H,6H2,1H3,(H,15,17). The minimum atomic E-state index is -0.389. The van der Waals surface area contributed by atoms with E-state index < -0.39 is 0 Å². The Morgan fingerprint density at radius 2 is 2.35 bits per heavy atom. The second-order valence-corrected chi connectivity index (χ2v) is 4.26. The second-order valence-electron chi connectivity index (χ2n) is 3.85. The molecule has 0 aliphatic rings. The summed E-state index contributed by atoms with van der Waals surface area (Å²) in [6.07, 6.45) is 3.38. The van der Waals surface area contributed by atoms with E-state index in [1.165, 1.54) is 6.07 Å². The predicted octanol–water partition coefficient (Wildman–Crippen LogP) is 3.05. The number of halogens is 2. The molecule has 0 spiro atoms. The number of nitrogens with one attached hydrogen (secondary N) is 2. The van der Waals surface area contributed by atoms with Crippen LogP contribution in [0.3, 0.4) is 0 Å². The zero-order valence-corrected chi connectivity index (χ0v) is 10.1. The predicted molar refractivity (Wildman–Crippen MR) is 65.3 cm³/mol. The molecule has 0 aliphatic carbocycles. The Morgan fingerprint density at radius 1 is 1.53 bits per heavy atom. The Bertz CT molecular complexity index is 485. The van der Waals surface area contributed by atoms with Crippen LogP contribution >= 0.6 is 11.6 Å². The van der Waals surface area contributed by atoms with Gasteiger partial charge in [-0.3, -0.25) is 0 Å². The summed E-state index contributed by atoms with van der Waals surface area (Å²) in [6.45, 7) is 2.63. The molecule has 5 heteroatoms. The van der Waals surface area contributed by atoms with Gasteiger partial charge in [0.05, 0.1) is 11.3 Å². The van der Waals surface area contributed by atoms with Crippen LogP contribution in [0.1, 0.15) is 24.2 Å². The molecule has 2 N–H and O–H groups in total. The highest BCUT2D eigenvalue weighted by Gasteiger charge is 2.08. The highest BCUT2D eigenvalue weighted by Crippen LogP contribution is 2.20. The first-order chi connectivity index (χ1) is 8.16. The van der Waals surface area contributed by atoms with Gasteiger partial charge in [-0.25, -0.2) is 9.37 Å². The third-order valence-corrected chi connectivity index (χ3v) is 2.90. The van der Waals surface area contributed by atoms with Gasteiger partial charge in [0.25, 0.3) is 0 Å². The average Bonchev–Trinajstić information content (AvgIpc) is 2.82. The van der Waals surface area contributed by atoms with Crippen molar-refractivity contribution in [1.82, 2.24) is 15.3 Å². The van der Waals surface area contributed by atoms with Crippen LogP contribution in [0.5, 0.6) is 0 Å². The number of nitrogens with zero attached hydrogens (tertiary/aromatic N) is 1. The minimum absolute atomic E-state index is 0.0464. The number of aromatic amines is 1. The minimum Gasteiger partial charge on any atom is -0.347 e. The smallest absolute Gasteiger partial charge is 0.142 e. The highest BCUT2D eigenvalue weighted by molar-refractivity contribution is 6.30. The summed E-state index contributed by atoms with van der Waals surface area (Å²) in [5, 5.41) is 3.41. The largest absolute Gasteiger partial charge is 0.347 e. The molecule has 2 rings (SSSR count). The summed E-state index contributed by atoms with van der Waals surface area (Å²) >= 11 is 5.63. The molecule has 3 nitrogen and oxygen atoms in total. The van der Waals surface area contributed by atoms with E-state index in [-0.39, 0.29) is 16.9 Å². The molecule has 0 radical (unpaired) electrons. The molecular weight excluding hydrogens is 241 g/mol. The first-order valence-electron chi connectivity index (χ1n) is 5.32. The van der Waals surface area contributed by atoms with Crippen LogP contribution in [0.25, 0.3) is 0 Å². The summed E-state index contributed by atoms with van der Waals surface area (Å²) in [5.74, 6) is -0.389. The lowest BCUT2D eigenvalue weighted by atomic mass is 10.1. The Kier molecular flexibility index (Phi) is 3.76. The van der Waals surface area contributed by atoms with Crippen LogP contribution in [-0.2, 0) is 6.54 Å². The molecule has 0 amide bonds. The fourth-order valence-corrected chi connectivity index (χ4v) is 1.66. The maximum Gasteiger partial charge on any atom is 0.142 e. The van der Waals surface area contributed by atoms with E-state index >= 15 is 0 Å². The number of benzene rings is 1. The Labute approximate surface area is 104 Å². The van der Waals surface area contributed by atoms with Gasteiger partial charge < -0.3 is 10.3 Å². The Morgan fingerprint density at radius 3 is 3.00 bits per heavy atom. The Hall–Kier alpha value is -1.39. The van der Waals surface area contributed by atoms with E-state index in [1.54, 1.807) is 18.6 Å². The van der Waals surface area contributed by atoms with Crippen molar-refractivity contribution in [2.75, 3.05) is 0 Å². The zero-order chi connectivity index (χ0) is 12.3. The fraction of sp³-hybridized carbons (Fsp3) is 0.250. The molecule has 2 aromatic rings. The quantitative estimate of drug-likeness (QED) is 0.879. The summed E-state index contributed by atoms with van der Waals surface area (Å²) in [6, 6.07) is 4.88. The molecule has 0 fully saturated rings. The molecule has 90 valence electrons. The van der Waals surface area contributed by atoms with Gasteiger partial charge in [0.15, 0.2) is 0 Å². The van der Waals surface area contributed by atoms with Gasteiger partial charge in [0.1, 0.15) is 5.82 Å². The number of imidazole rings is 1. The molecule has 1 aromatic carbocycles. The maximum absolute atomic E-state index is 13.3. The van der Waals surface area contributed by atoms with Gasteiger partial charge in [-0.05, 0) is 24.6 Å². The van der Waals surface area contributed by atoms with Crippen molar-refractivity contribution in [2.45, 2.75) is 19.5 Å². The lowest BCUT2D eigenvalue weighted by Gasteiger charge is -2.13. The van der Waals surface area contributed by atoms with Gasteiger partial charge in [-0.1, -0.05) is 17.7 Å². The molecule has 1 unspecified atom stereocenters. The number of hydrogen-bond acceptors (Lipinski definition) is 2. The van der Waals surface area contributed by atoms with Gasteiger partial charge >= 0.3 is 0 Å². The van der Waals surface area contributed by atoms with Crippen molar-refractivity contribution >= 4 is 11.6 Å². The van der Waals surface area contributed by atoms with Crippen LogP contribution in [0.2, 0.25) is 5.02 Å². The van der Waals surface area contributed by atoms with Crippen molar-refractivity contribution in [3.8, 4) is 0 Å². The SMILES string of the molecule is CC(NCc1cnc[nH]1)c1ccc(Cl)c(F)c1. The van der Waals surface area contributed by atoms with E-state index in [0.717, 1.165) is 11.3 Å². The summed E-state index contributed by atoms with van der Waals surface area (Å²) < 4.78 is 13.3. The normalized spacial score (nSPS) is 12.6. The topological polar surface area (TPSA) is 40.7 Å². The zero-order valence-electron chi connectivity index (χ0n) is 9.37. The van der Waals surface area contributed by atoms with Crippen LogP contribution in [0, 0.1) is 5.82 Å². The maximum atomic E-state index is 13.3. The molecule has 17 heavy (non-hydrogen) atoms. The monoisotopic (exact) mass is 253 g/mol. The van der Waals surface area contributed by atoms with E-state index in [4.69, 9.17) is 11.6 Å². The van der Waals surface area contributed by atoms with E-state index in [2.05, 4.69) is 15.3 Å². The van der Waals surface area contributed by atoms with E-state index in [0.29, 0.717) is 6.54 Å². The van der Waals surface area contributed by atoms with Gasteiger partial charge in [-0.15, -0.1) is 0 Å². The second kappa shape index (κ2) is 5.29. The van der Waals surface area contributed by atoms with Crippen molar-refractivity contribution in [2.24, 2.45) is 0 Å². The molecule has 1 atom stereocenters. The van der Waals surface area contributed by atoms with Gasteiger partial charge in [0, 0.05) is 24.5 Å². The van der Waals surface area contributed by atoms with Crippen molar-refractivity contribution in [3.63, 3.8) is 0 Å². The van der Waals surface area contributed by atoms with Crippen LogP contribution in [-0.4, -0.2) is 9.97 Å². The number of H-pyrrole nitrogens is 1. The molecule has 1 heterocycles. The van der Waals surface area contributed by atoms with Crippen molar-refractivity contribution < 1.29 is 4.39 Å². The lowest BCUT2D eigenvalue weighted by molar-refractivity contribution is 0.560. The molecule has 0 aliphatic heterocycles.